The quantitative estimate of drug-likeness (QED) is 0.251. The summed E-state index contributed by atoms with van der Waals surface area (Å²) in [6.07, 6.45) is 0. The van der Waals surface area contributed by atoms with Crippen LogP contribution in [-0.2, 0) is 0 Å². The second kappa shape index (κ2) is 8.87. The van der Waals surface area contributed by atoms with Crippen molar-refractivity contribution in [3.05, 3.63) is 133 Å². The predicted molar refractivity (Wildman–Crippen MR) is 167 cm³/mol. The molecular weight excluding hydrogens is 494 g/mol. The van der Waals surface area contributed by atoms with Crippen molar-refractivity contribution in [2.75, 3.05) is 5.32 Å². The van der Waals surface area contributed by atoms with E-state index in [-0.39, 0.29) is 0 Å². The number of para-hydroxylation sites is 1. The van der Waals surface area contributed by atoms with Gasteiger partial charge < -0.3 is 9.73 Å². The Hall–Kier alpha value is -4.86. The summed E-state index contributed by atoms with van der Waals surface area (Å²) >= 11 is 1.86. The highest BCUT2D eigenvalue weighted by atomic mass is 32.1. The summed E-state index contributed by atoms with van der Waals surface area (Å²) in [6.45, 7) is 0. The molecule has 0 saturated heterocycles. The molecule has 0 spiro atoms. The standard InChI is InChI=1S/C36H23NOS/c1-2-8-24(9-3-1)27-11-6-12-30-31-13-7-14-32(36(31)39-35(27)30)37-26-19-16-23(17-20-26)25-18-21-29-28-10-4-5-15-33(28)38-34(29)22-25/h1-22,37H. The molecule has 6 aromatic carbocycles. The highest BCUT2D eigenvalue weighted by Crippen LogP contribution is 2.43. The molecule has 0 amide bonds. The molecular formula is C36H23NOS. The lowest BCUT2D eigenvalue weighted by Crippen LogP contribution is -1.90. The zero-order chi connectivity index (χ0) is 25.8. The van der Waals surface area contributed by atoms with Crippen LogP contribution in [0.3, 0.4) is 0 Å². The minimum Gasteiger partial charge on any atom is -0.456 e. The van der Waals surface area contributed by atoms with E-state index in [1.165, 1.54) is 31.3 Å². The van der Waals surface area contributed by atoms with Crippen LogP contribution in [-0.4, -0.2) is 0 Å². The molecule has 2 heterocycles. The number of anilines is 2. The average Bonchev–Trinajstić information content (AvgIpc) is 3.57. The molecule has 0 fully saturated rings. The lowest BCUT2D eigenvalue weighted by molar-refractivity contribution is 0.669. The van der Waals surface area contributed by atoms with Crippen molar-refractivity contribution in [2.45, 2.75) is 0 Å². The van der Waals surface area contributed by atoms with Gasteiger partial charge in [0.25, 0.3) is 0 Å². The lowest BCUT2D eigenvalue weighted by atomic mass is 10.0. The molecule has 0 radical (unpaired) electrons. The fourth-order valence-electron chi connectivity index (χ4n) is 5.57. The second-order valence-corrected chi connectivity index (χ2v) is 10.9. The summed E-state index contributed by atoms with van der Waals surface area (Å²) in [5.41, 5.74) is 8.88. The van der Waals surface area contributed by atoms with Crippen LogP contribution in [0.15, 0.2) is 138 Å². The summed E-state index contributed by atoms with van der Waals surface area (Å²) in [7, 11) is 0. The SMILES string of the molecule is c1ccc(-c2cccc3c2sc2c(Nc4ccc(-c5ccc6c(c5)oc5ccccc56)cc4)cccc23)cc1. The summed E-state index contributed by atoms with van der Waals surface area (Å²) < 4.78 is 8.71. The van der Waals surface area contributed by atoms with E-state index in [1.54, 1.807) is 0 Å². The van der Waals surface area contributed by atoms with Gasteiger partial charge in [-0.25, -0.2) is 0 Å². The van der Waals surface area contributed by atoms with E-state index in [1.807, 2.05) is 23.5 Å². The van der Waals surface area contributed by atoms with Crippen molar-refractivity contribution in [3.63, 3.8) is 0 Å². The summed E-state index contributed by atoms with van der Waals surface area (Å²) in [4.78, 5) is 0. The molecule has 39 heavy (non-hydrogen) atoms. The Morgan fingerprint density at radius 1 is 0.462 bits per heavy atom. The first-order valence-corrected chi connectivity index (χ1v) is 13.9. The van der Waals surface area contributed by atoms with Crippen LogP contribution in [0.25, 0.3) is 64.4 Å². The zero-order valence-corrected chi connectivity index (χ0v) is 21.8. The number of rotatable bonds is 4. The van der Waals surface area contributed by atoms with Gasteiger partial charge >= 0.3 is 0 Å². The third kappa shape index (κ3) is 3.70. The second-order valence-electron chi connectivity index (χ2n) is 9.84. The molecule has 8 aromatic rings. The molecule has 184 valence electrons. The molecule has 0 saturated carbocycles. The van der Waals surface area contributed by atoms with Crippen LogP contribution >= 0.6 is 11.3 Å². The molecule has 0 aliphatic rings. The minimum absolute atomic E-state index is 0.919. The van der Waals surface area contributed by atoms with Gasteiger partial charge in [0.15, 0.2) is 0 Å². The maximum absolute atomic E-state index is 6.11. The fraction of sp³-hybridized carbons (Fsp3) is 0. The first-order chi connectivity index (χ1) is 19.3. The van der Waals surface area contributed by atoms with E-state index in [0.717, 1.165) is 44.4 Å². The molecule has 2 aromatic heterocycles. The maximum Gasteiger partial charge on any atom is 0.136 e. The molecule has 3 heteroatoms. The van der Waals surface area contributed by atoms with E-state index >= 15 is 0 Å². The molecule has 8 rings (SSSR count). The van der Waals surface area contributed by atoms with Gasteiger partial charge in [-0.2, -0.15) is 0 Å². The van der Waals surface area contributed by atoms with Crippen LogP contribution in [0.1, 0.15) is 0 Å². The Morgan fingerprint density at radius 2 is 1.15 bits per heavy atom. The van der Waals surface area contributed by atoms with Crippen LogP contribution in [0.4, 0.5) is 11.4 Å². The van der Waals surface area contributed by atoms with Gasteiger partial charge in [-0.05, 0) is 58.7 Å². The Balaban J connectivity index is 1.14. The van der Waals surface area contributed by atoms with Crippen LogP contribution in [0.5, 0.6) is 0 Å². The van der Waals surface area contributed by atoms with Gasteiger partial charge in [0.05, 0.1) is 10.4 Å². The molecule has 0 unspecified atom stereocenters. The van der Waals surface area contributed by atoms with E-state index in [0.29, 0.717) is 0 Å². The lowest BCUT2D eigenvalue weighted by Gasteiger charge is -2.09. The Morgan fingerprint density at radius 3 is 2.03 bits per heavy atom. The Kier molecular flexibility index (Phi) is 5.04. The van der Waals surface area contributed by atoms with E-state index in [9.17, 15) is 0 Å². The number of furan rings is 1. The van der Waals surface area contributed by atoms with E-state index in [2.05, 4.69) is 127 Å². The van der Waals surface area contributed by atoms with Gasteiger partial charge in [0, 0.05) is 31.9 Å². The zero-order valence-electron chi connectivity index (χ0n) is 21.0. The minimum atomic E-state index is 0.919. The van der Waals surface area contributed by atoms with E-state index < -0.39 is 0 Å². The summed E-state index contributed by atoms with van der Waals surface area (Å²) in [5.74, 6) is 0. The van der Waals surface area contributed by atoms with E-state index in [4.69, 9.17) is 4.42 Å². The van der Waals surface area contributed by atoms with Gasteiger partial charge in [0.1, 0.15) is 11.2 Å². The van der Waals surface area contributed by atoms with Crippen molar-refractivity contribution >= 4 is 64.8 Å². The Labute approximate surface area is 229 Å². The number of hydrogen-bond acceptors (Lipinski definition) is 3. The topological polar surface area (TPSA) is 25.2 Å². The molecule has 0 bridgehead atoms. The van der Waals surface area contributed by atoms with Gasteiger partial charge in [-0.3, -0.25) is 0 Å². The monoisotopic (exact) mass is 517 g/mol. The third-order valence-electron chi connectivity index (χ3n) is 7.49. The smallest absolute Gasteiger partial charge is 0.136 e. The number of hydrogen-bond donors (Lipinski definition) is 1. The van der Waals surface area contributed by atoms with Crippen molar-refractivity contribution in [3.8, 4) is 22.3 Å². The average molecular weight is 518 g/mol. The number of benzene rings is 6. The largest absolute Gasteiger partial charge is 0.456 e. The normalized spacial score (nSPS) is 11.6. The van der Waals surface area contributed by atoms with Gasteiger partial charge in [-0.15, -0.1) is 11.3 Å². The molecule has 0 aliphatic carbocycles. The first-order valence-electron chi connectivity index (χ1n) is 13.1. The molecule has 2 nitrogen and oxygen atoms in total. The number of thiophene rings is 1. The fourth-order valence-corrected chi connectivity index (χ4v) is 6.88. The van der Waals surface area contributed by atoms with Crippen molar-refractivity contribution in [2.24, 2.45) is 0 Å². The highest BCUT2D eigenvalue weighted by molar-refractivity contribution is 7.27. The molecule has 1 N–H and O–H groups in total. The molecule has 0 aliphatic heterocycles. The highest BCUT2D eigenvalue weighted by Gasteiger charge is 2.13. The predicted octanol–water partition coefficient (Wildman–Crippen LogP) is 11.0. The Bertz CT molecular complexity index is 2140. The van der Waals surface area contributed by atoms with Gasteiger partial charge in [-0.1, -0.05) is 97.1 Å². The van der Waals surface area contributed by atoms with Crippen molar-refractivity contribution in [1.29, 1.82) is 0 Å². The summed E-state index contributed by atoms with van der Waals surface area (Å²) in [5, 5.41) is 8.58. The number of fused-ring (bicyclic) bond motifs is 6. The molecule has 0 atom stereocenters. The third-order valence-corrected chi connectivity index (χ3v) is 8.77. The van der Waals surface area contributed by atoms with Crippen molar-refractivity contribution in [1.82, 2.24) is 0 Å². The van der Waals surface area contributed by atoms with Gasteiger partial charge in [0.2, 0.25) is 0 Å². The first kappa shape index (κ1) is 22.2. The maximum atomic E-state index is 6.11. The van der Waals surface area contributed by atoms with Crippen LogP contribution in [0.2, 0.25) is 0 Å². The number of nitrogens with one attached hydrogen (secondary N) is 1. The van der Waals surface area contributed by atoms with Crippen LogP contribution in [0, 0.1) is 0 Å². The van der Waals surface area contributed by atoms with Crippen LogP contribution < -0.4 is 5.32 Å². The van der Waals surface area contributed by atoms with Crippen molar-refractivity contribution < 1.29 is 4.42 Å². The summed E-state index contributed by atoms with van der Waals surface area (Å²) in [6, 6.07) is 47.1.